The summed E-state index contributed by atoms with van der Waals surface area (Å²) in [5, 5.41) is 14.3. The quantitative estimate of drug-likeness (QED) is 0.627. The molecule has 0 saturated heterocycles. The zero-order chi connectivity index (χ0) is 21.3. The molecule has 0 spiro atoms. The standard InChI is InChI=1S/C23H19N3O4/c1-29-20-12-8-19(9-13-20)26-23(28)17-4-6-18(7-5-17)25-22(27)15-30-21-10-2-16(14-24)3-11-21/h2-13H,15H2,1H3,(H,25,27)(H,26,28). The summed E-state index contributed by atoms with van der Waals surface area (Å²) in [6.07, 6.45) is 0. The van der Waals surface area contributed by atoms with Gasteiger partial charge in [-0.25, -0.2) is 0 Å². The van der Waals surface area contributed by atoms with E-state index in [1.54, 1.807) is 79.9 Å². The van der Waals surface area contributed by atoms with Crippen LogP contribution in [0.15, 0.2) is 72.8 Å². The van der Waals surface area contributed by atoms with Crippen LogP contribution in [0.2, 0.25) is 0 Å². The van der Waals surface area contributed by atoms with Gasteiger partial charge in [-0.2, -0.15) is 5.26 Å². The van der Waals surface area contributed by atoms with E-state index in [-0.39, 0.29) is 18.4 Å². The molecule has 0 aliphatic rings. The third-order valence-corrected chi connectivity index (χ3v) is 4.13. The van der Waals surface area contributed by atoms with Crippen molar-refractivity contribution in [3.05, 3.63) is 83.9 Å². The molecule has 0 fully saturated rings. The highest BCUT2D eigenvalue weighted by molar-refractivity contribution is 6.04. The molecule has 30 heavy (non-hydrogen) atoms. The summed E-state index contributed by atoms with van der Waals surface area (Å²) in [5.74, 6) is 0.600. The molecule has 150 valence electrons. The third kappa shape index (κ3) is 5.59. The number of carbonyl (C=O) groups is 2. The largest absolute Gasteiger partial charge is 0.497 e. The van der Waals surface area contributed by atoms with E-state index >= 15 is 0 Å². The van der Waals surface area contributed by atoms with E-state index in [4.69, 9.17) is 14.7 Å². The van der Waals surface area contributed by atoms with Crippen LogP contribution in [0.4, 0.5) is 11.4 Å². The number of hydrogen-bond acceptors (Lipinski definition) is 5. The van der Waals surface area contributed by atoms with Crippen LogP contribution in [-0.4, -0.2) is 25.5 Å². The molecule has 0 aliphatic heterocycles. The van der Waals surface area contributed by atoms with Crippen molar-refractivity contribution >= 4 is 23.2 Å². The number of methoxy groups -OCH3 is 1. The number of benzene rings is 3. The minimum Gasteiger partial charge on any atom is -0.497 e. The monoisotopic (exact) mass is 401 g/mol. The van der Waals surface area contributed by atoms with Gasteiger partial charge in [0.25, 0.3) is 11.8 Å². The molecule has 3 aromatic carbocycles. The van der Waals surface area contributed by atoms with Crippen LogP contribution in [-0.2, 0) is 4.79 Å². The molecule has 0 bridgehead atoms. The Morgan fingerprint density at radius 3 is 2.00 bits per heavy atom. The molecule has 0 heterocycles. The predicted octanol–water partition coefficient (Wildman–Crippen LogP) is 3.84. The minimum atomic E-state index is -0.338. The second kappa shape index (κ2) is 9.75. The molecule has 3 rings (SSSR count). The first kappa shape index (κ1) is 20.4. The fourth-order valence-corrected chi connectivity index (χ4v) is 2.55. The van der Waals surface area contributed by atoms with Gasteiger partial charge in [0, 0.05) is 16.9 Å². The van der Waals surface area contributed by atoms with Gasteiger partial charge >= 0.3 is 0 Å². The lowest BCUT2D eigenvalue weighted by Crippen LogP contribution is -2.20. The smallest absolute Gasteiger partial charge is 0.262 e. The van der Waals surface area contributed by atoms with Gasteiger partial charge in [0.15, 0.2) is 6.61 Å². The molecule has 0 unspecified atom stereocenters. The van der Waals surface area contributed by atoms with Gasteiger partial charge in [-0.3, -0.25) is 9.59 Å². The van der Waals surface area contributed by atoms with E-state index in [1.807, 2.05) is 6.07 Å². The molecule has 7 nitrogen and oxygen atoms in total. The summed E-state index contributed by atoms with van der Waals surface area (Å²) >= 11 is 0. The zero-order valence-electron chi connectivity index (χ0n) is 16.2. The highest BCUT2D eigenvalue weighted by atomic mass is 16.5. The molecule has 2 amide bonds. The lowest BCUT2D eigenvalue weighted by atomic mass is 10.2. The fraction of sp³-hybridized carbons (Fsp3) is 0.0870. The second-order valence-corrected chi connectivity index (χ2v) is 6.23. The first-order valence-corrected chi connectivity index (χ1v) is 9.05. The zero-order valence-corrected chi connectivity index (χ0v) is 16.2. The van der Waals surface area contributed by atoms with Crippen LogP contribution in [0, 0.1) is 11.3 Å². The van der Waals surface area contributed by atoms with Crippen molar-refractivity contribution in [3.8, 4) is 17.6 Å². The Kier molecular flexibility index (Phi) is 6.64. The predicted molar refractivity (Wildman–Crippen MR) is 113 cm³/mol. The van der Waals surface area contributed by atoms with Crippen molar-refractivity contribution in [2.75, 3.05) is 24.4 Å². The number of rotatable bonds is 7. The van der Waals surface area contributed by atoms with Gasteiger partial charge in [-0.05, 0) is 72.8 Å². The Bertz CT molecular complexity index is 1050. The van der Waals surface area contributed by atoms with E-state index in [1.165, 1.54) is 0 Å². The normalized spacial score (nSPS) is 9.87. The average Bonchev–Trinajstić information content (AvgIpc) is 2.79. The number of hydrogen-bond donors (Lipinski definition) is 2. The number of carbonyl (C=O) groups excluding carboxylic acids is 2. The van der Waals surface area contributed by atoms with Gasteiger partial charge in [-0.1, -0.05) is 0 Å². The van der Waals surface area contributed by atoms with E-state index in [0.29, 0.717) is 34.0 Å². The van der Waals surface area contributed by atoms with Crippen LogP contribution in [0.3, 0.4) is 0 Å². The topological polar surface area (TPSA) is 100 Å². The molecule has 0 aromatic heterocycles. The molecule has 0 atom stereocenters. The first-order chi connectivity index (χ1) is 14.6. The SMILES string of the molecule is COc1ccc(NC(=O)c2ccc(NC(=O)COc3ccc(C#N)cc3)cc2)cc1. The fourth-order valence-electron chi connectivity index (χ4n) is 2.55. The van der Waals surface area contributed by atoms with Gasteiger partial charge in [-0.15, -0.1) is 0 Å². The molecule has 7 heteroatoms. The van der Waals surface area contributed by atoms with Crippen LogP contribution in [0.1, 0.15) is 15.9 Å². The van der Waals surface area contributed by atoms with Gasteiger partial charge in [0.1, 0.15) is 11.5 Å². The second-order valence-electron chi connectivity index (χ2n) is 6.23. The van der Waals surface area contributed by atoms with Crippen molar-refractivity contribution in [3.63, 3.8) is 0 Å². The summed E-state index contributed by atoms with van der Waals surface area (Å²) in [5.41, 5.74) is 2.17. The number of nitrogens with one attached hydrogen (secondary N) is 2. The van der Waals surface area contributed by atoms with Crippen LogP contribution < -0.4 is 20.1 Å². The molecular formula is C23H19N3O4. The van der Waals surface area contributed by atoms with Crippen molar-refractivity contribution < 1.29 is 19.1 Å². The Morgan fingerprint density at radius 1 is 0.833 bits per heavy atom. The van der Waals surface area contributed by atoms with Crippen molar-refractivity contribution in [1.82, 2.24) is 0 Å². The molecule has 2 N–H and O–H groups in total. The Morgan fingerprint density at radius 2 is 1.40 bits per heavy atom. The van der Waals surface area contributed by atoms with Crippen LogP contribution >= 0.6 is 0 Å². The molecule has 0 radical (unpaired) electrons. The van der Waals surface area contributed by atoms with Crippen molar-refractivity contribution in [2.24, 2.45) is 0 Å². The van der Waals surface area contributed by atoms with E-state index in [2.05, 4.69) is 10.6 Å². The van der Waals surface area contributed by atoms with Gasteiger partial charge < -0.3 is 20.1 Å². The number of anilines is 2. The van der Waals surface area contributed by atoms with Crippen LogP contribution in [0.25, 0.3) is 0 Å². The van der Waals surface area contributed by atoms with E-state index in [0.717, 1.165) is 0 Å². The highest BCUT2D eigenvalue weighted by Crippen LogP contribution is 2.17. The Labute approximate surface area is 173 Å². The summed E-state index contributed by atoms with van der Waals surface area (Å²) in [7, 11) is 1.58. The van der Waals surface area contributed by atoms with E-state index in [9.17, 15) is 9.59 Å². The number of ether oxygens (including phenoxy) is 2. The molecule has 0 aliphatic carbocycles. The van der Waals surface area contributed by atoms with E-state index < -0.39 is 0 Å². The third-order valence-electron chi connectivity index (χ3n) is 4.13. The minimum absolute atomic E-state index is 0.175. The van der Waals surface area contributed by atoms with Crippen LogP contribution in [0.5, 0.6) is 11.5 Å². The molecule has 3 aromatic rings. The molecular weight excluding hydrogens is 382 g/mol. The first-order valence-electron chi connectivity index (χ1n) is 9.05. The number of nitrogens with zero attached hydrogens (tertiary/aromatic N) is 1. The van der Waals surface area contributed by atoms with Gasteiger partial charge in [0.05, 0.1) is 18.7 Å². The maximum atomic E-state index is 12.3. The maximum absolute atomic E-state index is 12.3. The van der Waals surface area contributed by atoms with Crippen molar-refractivity contribution in [2.45, 2.75) is 0 Å². The summed E-state index contributed by atoms with van der Waals surface area (Å²) < 4.78 is 10.5. The maximum Gasteiger partial charge on any atom is 0.262 e. The summed E-state index contributed by atoms with van der Waals surface area (Å²) in [6, 6.07) is 22.0. The Hall–Kier alpha value is -4.31. The van der Waals surface area contributed by atoms with Crippen molar-refractivity contribution in [1.29, 1.82) is 5.26 Å². The Balaban J connectivity index is 1.50. The average molecular weight is 401 g/mol. The lowest BCUT2D eigenvalue weighted by Gasteiger charge is -2.09. The van der Waals surface area contributed by atoms with Gasteiger partial charge in [0.2, 0.25) is 0 Å². The lowest BCUT2D eigenvalue weighted by molar-refractivity contribution is -0.118. The summed E-state index contributed by atoms with van der Waals surface area (Å²) in [6.45, 7) is -0.175. The highest BCUT2D eigenvalue weighted by Gasteiger charge is 2.08. The summed E-state index contributed by atoms with van der Waals surface area (Å²) in [4.78, 5) is 24.4. The number of nitriles is 1. The molecule has 0 saturated carbocycles. The number of amides is 2.